The minimum atomic E-state index is -1.04. The molecule has 0 unspecified atom stereocenters. The molecular weight excluding hydrogens is 368 g/mol. The van der Waals surface area contributed by atoms with Crippen molar-refractivity contribution in [3.05, 3.63) is 54.2 Å². The Kier molecular flexibility index (Phi) is 6.94. The highest BCUT2D eigenvalue weighted by Gasteiger charge is 2.45. The number of hydrogen-bond donors (Lipinski definition) is 1. The predicted molar refractivity (Wildman–Crippen MR) is 118 cm³/mol. The maximum absolute atomic E-state index is 13.3. The van der Waals surface area contributed by atoms with Gasteiger partial charge in [-0.25, -0.2) is 4.79 Å². The smallest absolute Gasteiger partial charge is 0.336 e. The van der Waals surface area contributed by atoms with Crippen molar-refractivity contribution in [1.29, 1.82) is 0 Å². The van der Waals surface area contributed by atoms with Gasteiger partial charge in [0.2, 0.25) is 0 Å². The van der Waals surface area contributed by atoms with Crippen molar-refractivity contribution >= 4 is 23.2 Å². The molecule has 0 aliphatic carbocycles. The summed E-state index contributed by atoms with van der Waals surface area (Å²) in [5.41, 5.74) is 1.53. The van der Waals surface area contributed by atoms with Gasteiger partial charge in [-0.3, -0.25) is 4.98 Å². The van der Waals surface area contributed by atoms with Gasteiger partial charge >= 0.3 is 5.97 Å². The summed E-state index contributed by atoms with van der Waals surface area (Å²) >= 11 is 5.34. The van der Waals surface area contributed by atoms with Gasteiger partial charge in [-0.15, -0.1) is 0 Å². The van der Waals surface area contributed by atoms with Crippen molar-refractivity contribution in [3.63, 3.8) is 0 Å². The molecule has 1 aromatic heterocycles. The molecule has 0 saturated heterocycles. The van der Waals surface area contributed by atoms with E-state index in [9.17, 15) is 4.79 Å². The van der Waals surface area contributed by atoms with Gasteiger partial charge in [0.15, 0.2) is 5.54 Å². The molecule has 2 aromatic rings. The maximum atomic E-state index is 13.3. The fraction of sp³-hybridized carbons (Fsp3) is 0.435. The second kappa shape index (κ2) is 8.82. The summed E-state index contributed by atoms with van der Waals surface area (Å²) in [5, 5.41) is 3.27. The molecule has 0 fully saturated rings. The van der Waals surface area contributed by atoms with Crippen molar-refractivity contribution in [2.45, 2.75) is 59.6 Å². The van der Waals surface area contributed by atoms with Crippen LogP contribution in [0.3, 0.4) is 0 Å². The molecule has 0 radical (unpaired) electrons. The molecule has 1 atom stereocenters. The van der Waals surface area contributed by atoms with Crippen molar-refractivity contribution in [1.82, 2.24) is 10.3 Å². The summed E-state index contributed by atoms with van der Waals surface area (Å²) in [4.78, 5) is 18.2. The highest BCUT2D eigenvalue weighted by Crippen LogP contribution is 2.37. The maximum Gasteiger partial charge on any atom is 0.336 e. The van der Waals surface area contributed by atoms with Crippen molar-refractivity contribution < 1.29 is 9.53 Å². The third-order valence-corrected chi connectivity index (χ3v) is 4.32. The van der Waals surface area contributed by atoms with Gasteiger partial charge < -0.3 is 10.1 Å². The number of rotatable bonds is 6. The quantitative estimate of drug-likeness (QED) is 0.531. The lowest BCUT2D eigenvalue weighted by Gasteiger charge is -2.38. The predicted octanol–water partition coefficient (Wildman–Crippen LogP) is 5.27. The van der Waals surface area contributed by atoms with Crippen LogP contribution in [-0.2, 0) is 15.1 Å². The molecule has 1 heterocycles. The molecule has 1 aromatic carbocycles. The van der Waals surface area contributed by atoms with Gasteiger partial charge in [0.25, 0.3) is 0 Å². The fourth-order valence-corrected chi connectivity index (χ4v) is 3.50. The zero-order valence-electron chi connectivity index (χ0n) is 17.6. The Bertz CT molecular complexity index is 811. The standard InChI is InChI=1S/C23H30N2O2S/c1-16(2)27-21(26)23(25-17(3)28,15-22(4,5)6)19-12-10-18(11-13-19)20-9-7-8-14-24-20/h7-14,16H,15H2,1-6H3,(H,25,28)/t23-/m1/s1. The van der Waals surface area contributed by atoms with E-state index >= 15 is 0 Å². The van der Waals surface area contributed by atoms with E-state index in [-0.39, 0.29) is 17.5 Å². The Hall–Kier alpha value is -2.27. The van der Waals surface area contributed by atoms with Crippen LogP contribution >= 0.6 is 12.2 Å². The number of carbonyl (C=O) groups is 1. The van der Waals surface area contributed by atoms with Crippen LogP contribution in [0.1, 0.15) is 53.5 Å². The molecule has 2 rings (SSSR count). The number of nitrogens with zero attached hydrogens (tertiary/aromatic N) is 1. The molecule has 0 aliphatic rings. The number of ether oxygens (including phenoxy) is 1. The number of thiocarbonyl (C=S) groups is 1. The van der Waals surface area contributed by atoms with Crippen molar-refractivity contribution in [2.24, 2.45) is 5.41 Å². The van der Waals surface area contributed by atoms with Crippen molar-refractivity contribution in [2.75, 3.05) is 0 Å². The molecule has 4 nitrogen and oxygen atoms in total. The largest absolute Gasteiger partial charge is 0.461 e. The third kappa shape index (κ3) is 5.61. The van der Waals surface area contributed by atoms with Gasteiger partial charge in [0.1, 0.15) is 0 Å². The first-order valence-corrected chi connectivity index (χ1v) is 9.96. The summed E-state index contributed by atoms with van der Waals surface area (Å²) in [6, 6.07) is 13.7. The fourth-order valence-electron chi connectivity index (χ4n) is 3.33. The molecular formula is C23H30N2O2S. The number of carbonyl (C=O) groups excluding carboxylic acids is 1. The number of aromatic nitrogens is 1. The van der Waals surface area contributed by atoms with Gasteiger partial charge in [-0.2, -0.15) is 0 Å². The van der Waals surface area contributed by atoms with E-state index in [0.717, 1.165) is 16.8 Å². The third-order valence-electron chi connectivity index (χ3n) is 4.21. The van der Waals surface area contributed by atoms with Gasteiger partial charge in [-0.05, 0) is 50.3 Å². The minimum Gasteiger partial charge on any atom is -0.461 e. The number of pyridine rings is 1. The number of esters is 1. The van der Waals surface area contributed by atoms with Crippen LogP contribution < -0.4 is 5.32 Å². The Morgan fingerprint density at radius 1 is 1.14 bits per heavy atom. The van der Waals surface area contributed by atoms with Crippen LogP contribution in [0.25, 0.3) is 11.3 Å². The molecule has 1 N–H and O–H groups in total. The lowest BCUT2D eigenvalue weighted by atomic mass is 9.75. The van der Waals surface area contributed by atoms with Crippen LogP contribution in [0, 0.1) is 5.41 Å². The summed E-state index contributed by atoms with van der Waals surface area (Å²) in [6.45, 7) is 11.8. The van der Waals surface area contributed by atoms with E-state index in [1.165, 1.54) is 0 Å². The average Bonchev–Trinajstić information content (AvgIpc) is 2.60. The van der Waals surface area contributed by atoms with Crippen LogP contribution in [0.5, 0.6) is 0 Å². The number of hydrogen-bond acceptors (Lipinski definition) is 4. The molecule has 0 bridgehead atoms. The van der Waals surface area contributed by atoms with Crippen LogP contribution in [0.15, 0.2) is 48.7 Å². The first-order chi connectivity index (χ1) is 13.0. The Labute approximate surface area is 173 Å². The normalized spacial score (nSPS) is 13.7. The average molecular weight is 399 g/mol. The summed E-state index contributed by atoms with van der Waals surface area (Å²) in [5.74, 6) is -0.313. The molecule has 0 amide bonds. The number of benzene rings is 1. The summed E-state index contributed by atoms with van der Waals surface area (Å²) in [7, 11) is 0. The van der Waals surface area contributed by atoms with E-state index in [4.69, 9.17) is 17.0 Å². The van der Waals surface area contributed by atoms with Crippen LogP contribution in [-0.4, -0.2) is 22.0 Å². The summed E-state index contributed by atoms with van der Waals surface area (Å²) in [6.07, 6.45) is 2.10. The van der Waals surface area contributed by atoms with Crippen LogP contribution in [0.2, 0.25) is 0 Å². The van der Waals surface area contributed by atoms with E-state index in [1.807, 2.05) is 56.3 Å². The van der Waals surface area contributed by atoms with Gasteiger partial charge in [0, 0.05) is 11.8 Å². The zero-order valence-corrected chi connectivity index (χ0v) is 18.4. The Balaban J connectivity index is 2.55. The lowest BCUT2D eigenvalue weighted by molar-refractivity contribution is -0.157. The Morgan fingerprint density at radius 2 is 1.79 bits per heavy atom. The first-order valence-electron chi connectivity index (χ1n) is 9.55. The SMILES string of the molecule is CC(=S)N[C@@](CC(C)(C)C)(C(=O)OC(C)C)c1ccc(-c2ccccn2)cc1. The highest BCUT2D eigenvalue weighted by atomic mass is 32.1. The van der Waals surface area contributed by atoms with E-state index in [0.29, 0.717) is 11.4 Å². The van der Waals surface area contributed by atoms with Gasteiger partial charge in [-0.1, -0.05) is 63.3 Å². The zero-order chi connectivity index (χ0) is 20.9. The van der Waals surface area contributed by atoms with Crippen molar-refractivity contribution in [3.8, 4) is 11.3 Å². The molecule has 0 aliphatic heterocycles. The molecule has 0 saturated carbocycles. The molecule has 5 heteroatoms. The molecule has 0 spiro atoms. The highest BCUT2D eigenvalue weighted by molar-refractivity contribution is 7.80. The molecule has 150 valence electrons. The first kappa shape index (κ1) is 22.0. The number of nitrogens with one attached hydrogen (secondary N) is 1. The second-order valence-electron chi connectivity index (χ2n) is 8.57. The monoisotopic (exact) mass is 398 g/mol. The lowest BCUT2D eigenvalue weighted by Crippen LogP contribution is -2.54. The minimum absolute atomic E-state index is 0.132. The second-order valence-corrected chi connectivity index (χ2v) is 9.18. The van der Waals surface area contributed by atoms with Crippen LogP contribution in [0.4, 0.5) is 0 Å². The van der Waals surface area contributed by atoms with E-state index in [2.05, 4.69) is 31.1 Å². The van der Waals surface area contributed by atoms with E-state index < -0.39 is 5.54 Å². The summed E-state index contributed by atoms with van der Waals surface area (Å²) < 4.78 is 5.66. The topological polar surface area (TPSA) is 51.2 Å². The molecule has 28 heavy (non-hydrogen) atoms. The Morgan fingerprint density at radius 3 is 2.25 bits per heavy atom. The van der Waals surface area contributed by atoms with E-state index in [1.54, 1.807) is 13.1 Å². The van der Waals surface area contributed by atoms with Gasteiger partial charge in [0.05, 0.1) is 16.8 Å².